The van der Waals surface area contributed by atoms with Gasteiger partial charge in [0.15, 0.2) is 11.5 Å². The van der Waals surface area contributed by atoms with Gasteiger partial charge in [-0.15, -0.1) is 0 Å². The summed E-state index contributed by atoms with van der Waals surface area (Å²) < 4.78 is 17.9. The molecule has 1 amide bonds. The molecule has 0 spiro atoms. The second-order valence-electron chi connectivity index (χ2n) is 10.8. The zero-order chi connectivity index (χ0) is 28.9. The molecule has 5 aromatic rings. The van der Waals surface area contributed by atoms with Crippen LogP contribution in [0.1, 0.15) is 60.3 Å². The summed E-state index contributed by atoms with van der Waals surface area (Å²) in [5, 5.41) is 5.13. The van der Waals surface area contributed by atoms with Gasteiger partial charge in [0.1, 0.15) is 17.9 Å². The number of carbonyl (C=O) groups excluding carboxylic acids is 2. The minimum absolute atomic E-state index is 0.0578. The third-order valence-corrected chi connectivity index (χ3v) is 7.97. The van der Waals surface area contributed by atoms with Crippen LogP contribution in [0.3, 0.4) is 0 Å². The zero-order valence-electron chi connectivity index (χ0n) is 23.6. The number of hydrogen-bond acceptors (Lipinski definition) is 6. The van der Waals surface area contributed by atoms with Crippen molar-refractivity contribution in [2.75, 3.05) is 6.61 Å². The van der Waals surface area contributed by atoms with Gasteiger partial charge in [0.25, 0.3) is 5.91 Å². The number of carbonyl (C=O) groups is 2. The van der Waals surface area contributed by atoms with E-state index < -0.39 is 0 Å². The Kier molecular flexibility index (Phi) is 8.17. The minimum atomic E-state index is -0.364. The molecule has 0 radical (unpaired) electrons. The Morgan fingerprint density at radius 3 is 2.52 bits per heavy atom. The van der Waals surface area contributed by atoms with E-state index in [9.17, 15) is 9.59 Å². The van der Waals surface area contributed by atoms with Crippen molar-refractivity contribution >= 4 is 33.7 Å². The zero-order valence-corrected chi connectivity index (χ0v) is 23.6. The van der Waals surface area contributed by atoms with Crippen LogP contribution in [0.2, 0.25) is 0 Å². The van der Waals surface area contributed by atoms with E-state index in [0.717, 1.165) is 27.4 Å². The van der Waals surface area contributed by atoms with E-state index in [4.69, 9.17) is 18.9 Å². The quantitative estimate of drug-likeness (QED) is 0.159. The molecule has 42 heavy (non-hydrogen) atoms. The van der Waals surface area contributed by atoms with Crippen molar-refractivity contribution in [3.8, 4) is 5.75 Å². The Labute approximate surface area is 244 Å². The highest BCUT2D eigenvalue weighted by Crippen LogP contribution is 2.37. The predicted molar refractivity (Wildman–Crippen MR) is 161 cm³/mol. The van der Waals surface area contributed by atoms with Crippen LogP contribution in [-0.2, 0) is 16.1 Å². The van der Waals surface area contributed by atoms with Crippen LogP contribution in [0.15, 0.2) is 95.4 Å². The SMILES string of the molecule is CCOc1c(C(=O)N[C@@H]2CC(C(=O)OCc3ccccc3)CC[C@H](c3nc4ccccc4o3)C2)ccc2ccccc12. The first kappa shape index (κ1) is 27.5. The van der Waals surface area contributed by atoms with Gasteiger partial charge >= 0.3 is 5.97 Å². The summed E-state index contributed by atoms with van der Waals surface area (Å²) in [5.74, 6) is 0.292. The molecule has 3 atom stereocenters. The van der Waals surface area contributed by atoms with E-state index in [1.54, 1.807) is 0 Å². The molecule has 1 aromatic heterocycles. The molecule has 214 valence electrons. The molecule has 1 saturated carbocycles. The minimum Gasteiger partial charge on any atom is -0.492 e. The van der Waals surface area contributed by atoms with Gasteiger partial charge in [-0.3, -0.25) is 9.59 Å². The van der Waals surface area contributed by atoms with E-state index in [2.05, 4.69) is 5.32 Å². The van der Waals surface area contributed by atoms with Gasteiger partial charge in [0, 0.05) is 17.3 Å². The van der Waals surface area contributed by atoms with Gasteiger partial charge in [-0.25, -0.2) is 4.98 Å². The number of fused-ring (bicyclic) bond motifs is 2. The van der Waals surface area contributed by atoms with E-state index in [0.29, 0.717) is 49.5 Å². The number of amides is 1. The van der Waals surface area contributed by atoms with E-state index in [1.165, 1.54) is 0 Å². The van der Waals surface area contributed by atoms with Crippen molar-refractivity contribution < 1.29 is 23.5 Å². The van der Waals surface area contributed by atoms with Gasteiger partial charge in [-0.05, 0) is 61.8 Å². The number of nitrogens with one attached hydrogen (secondary N) is 1. The van der Waals surface area contributed by atoms with Crippen LogP contribution in [0.25, 0.3) is 21.9 Å². The lowest BCUT2D eigenvalue weighted by Gasteiger charge is -2.22. The molecule has 1 fully saturated rings. The molecule has 4 aromatic carbocycles. The summed E-state index contributed by atoms with van der Waals surface area (Å²) in [7, 11) is 0. The molecule has 1 aliphatic rings. The van der Waals surface area contributed by atoms with Crippen molar-refractivity contribution in [2.45, 2.75) is 51.2 Å². The molecule has 7 heteroatoms. The first-order chi connectivity index (χ1) is 20.6. The average Bonchev–Trinajstić information content (AvgIpc) is 3.35. The van der Waals surface area contributed by atoms with Crippen LogP contribution in [0.4, 0.5) is 0 Å². The lowest BCUT2D eigenvalue weighted by molar-refractivity contribution is -0.150. The molecule has 1 aliphatic carbocycles. The lowest BCUT2D eigenvalue weighted by atomic mass is 9.97. The fourth-order valence-corrected chi connectivity index (χ4v) is 5.87. The number of oxazole rings is 1. The van der Waals surface area contributed by atoms with Gasteiger partial charge in [-0.1, -0.05) is 72.8 Å². The first-order valence-electron chi connectivity index (χ1n) is 14.6. The summed E-state index contributed by atoms with van der Waals surface area (Å²) in [6.45, 7) is 2.56. The van der Waals surface area contributed by atoms with Crippen LogP contribution in [-0.4, -0.2) is 29.5 Å². The number of para-hydroxylation sites is 2. The smallest absolute Gasteiger partial charge is 0.309 e. The molecule has 0 saturated heterocycles. The van der Waals surface area contributed by atoms with Crippen LogP contribution in [0.5, 0.6) is 5.75 Å². The van der Waals surface area contributed by atoms with Crippen molar-refractivity contribution in [3.63, 3.8) is 0 Å². The Morgan fingerprint density at radius 2 is 1.69 bits per heavy atom. The highest BCUT2D eigenvalue weighted by atomic mass is 16.5. The standard InChI is InChI=1S/C35H34N2O5/c1-2-40-32-28-13-7-6-12-24(28)18-19-29(32)33(38)36-27-20-25(34-37-30-14-8-9-15-31(30)42-34)16-17-26(21-27)35(39)41-22-23-10-4-3-5-11-23/h3-15,18-19,25-27H,2,16-17,20-22H2,1H3,(H,36,38)/t25-,26?,27-/m0/s1. The molecular formula is C35H34N2O5. The first-order valence-corrected chi connectivity index (χ1v) is 14.6. The molecule has 0 aliphatic heterocycles. The highest BCUT2D eigenvalue weighted by Gasteiger charge is 2.34. The molecule has 6 rings (SSSR count). The summed E-state index contributed by atoms with van der Waals surface area (Å²) >= 11 is 0. The summed E-state index contributed by atoms with van der Waals surface area (Å²) in [5.41, 5.74) is 2.94. The normalized spacial score (nSPS) is 18.8. The lowest BCUT2D eigenvalue weighted by Crippen LogP contribution is -2.37. The highest BCUT2D eigenvalue weighted by molar-refractivity contribution is 6.04. The monoisotopic (exact) mass is 562 g/mol. The Hall–Kier alpha value is -4.65. The second kappa shape index (κ2) is 12.5. The third kappa shape index (κ3) is 6.00. The summed E-state index contributed by atoms with van der Waals surface area (Å²) in [4.78, 5) is 31.8. The maximum atomic E-state index is 13.8. The fraction of sp³-hybridized carbons (Fsp3) is 0.286. The van der Waals surface area contributed by atoms with Gasteiger partial charge in [-0.2, -0.15) is 0 Å². The molecule has 7 nitrogen and oxygen atoms in total. The number of aromatic nitrogens is 1. The van der Waals surface area contributed by atoms with Gasteiger partial charge in [0.2, 0.25) is 0 Å². The molecule has 1 unspecified atom stereocenters. The van der Waals surface area contributed by atoms with Gasteiger partial charge < -0.3 is 19.2 Å². The van der Waals surface area contributed by atoms with Crippen LogP contribution in [0, 0.1) is 5.92 Å². The number of ether oxygens (including phenoxy) is 2. The molecule has 0 bridgehead atoms. The number of benzene rings is 4. The predicted octanol–water partition coefficient (Wildman–Crippen LogP) is 7.20. The summed E-state index contributed by atoms with van der Waals surface area (Å²) in [6.07, 6.45) is 2.38. The van der Waals surface area contributed by atoms with E-state index >= 15 is 0 Å². The Morgan fingerprint density at radius 1 is 0.905 bits per heavy atom. The average molecular weight is 563 g/mol. The maximum absolute atomic E-state index is 13.8. The van der Waals surface area contributed by atoms with Crippen LogP contribution >= 0.6 is 0 Å². The Bertz CT molecular complexity index is 1660. The van der Waals surface area contributed by atoms with Gasteiger partial charge in [0.05, 0.1) is 18.1 Å². The molecular weight excluding hydrogens is 528 g/mol. The molecule has 1 N–H and O–H groups in total. The number of rotatable bonds is 8. The Balaban J connectivity index is 1.26. The number of esters is 1. The van der Waals surface area contributed by atoms with Crippen molar-refractivity contribution in [2.24, 2.45) is 5.92 Å². The number of hydrogen-bond donors (Lipinski definition) is 1. The van der Waals surface area contributed by atoms with E-state index in [1.807, 2.05) is 97.9 Å². The van der Waals surface area contributed by atoms with Crippen molar-refractivity contribution in [1.82, 2.24) is 10.3 Å². The maximum Gasteiger partial charge on any atom is 0.309 e. The van der Waals surface area contributed by atoms with Crippen LogP contribution < -0.4 is 10.1 Å². The van der Waals surface area contributed by atoms with Crippen molar-refractivity contribution in [3.05, 3.63) is 108 Å². The molecule has 1 heterocycles. The van der Waals surface area contributed by atoms with Crippen molar-refractivity contribution in [1.29, 1.82) is 0 Å². The topological polar surface area (TPSA) is 90.7 Å². The summed E-state index contributed by atoms with van der Waals surface area (Å²) in [6, 6.07) is 28.7. The fourth-order valence-electron chi connectivity index (χ4n) is 5.87. The third-order valence-electron chi connectivity index (χ3n) is 7.97. The van der Waals surface area contributed by atoms with E-state index in [-0.39, 0.29) is 36.4 Å². The largest absolute Gasteiger partial charge is 0.492 e. The number of nitrogens with zero attached hydrogens (tertiary/aromatic N) is 1. The second-order valence-corrected chi connectivity index (χ2v) is 10.8.